The van der Waals surface area contributed by atoms with Crippen LogP contribution in [0.25, 0.3) is 0 Å². The predicted molar refractivity (Wildman–Crippen MR) is 84.9 cm³/mol. The second-order valence-electron chi connectivity index (χ2n) is 4.08. The van der Waals surface area contributed by atoms with Crippen molar-refractivity contribution in [2.24, 2.45) is 0 Å². The normalized spacial score (nSPS) is 10.8. The van der Waals surface area contributed by atoms with Crippen LogP contribution in [0.1, 0.15) is 21.6 Å². The maximum absolute atomic E-state index is 12.9. The maximum atomic E-state index is 12.9. The lowest BCUT2D eigenvalue weighted by atomic mass is 10.2. The van der Waals surface area contributed by atoms with Gasteiger partial charge in [0, 0.05) is 17.6 Å². The zero-order valence-electron chi connectivity index (χ0n) is 10.0. The van der Waals surface area contributed by atoms with E-state index in [0.717, 1.165) is 5.56 Å². The summed E-state index contributed by atoms with van der Waals surface area (Å²) in [6.45, 7) is 0.452. The molecule has 1 aromatic carbocycles. The molecule has 1 N–H and O–H groups in total. The highest BCUT2D eigenvalue weighted by molar-refractivity contribution is 9.13. The molecule has 1 aromatic heterocycles. The minimum absolute atomic E-state index is 0.218. The molecular weight excluding hydrogens is 461 g/mol. The molecule has 0 spiro atoms. The van der Waals surface area contributed by atoms with E-state index >= 15 is 0 Å². The summed E-state index contributed by atoms with van der Waals surface area (Å²) in [5, 5.41) is 9.69. The second-order valence-corrected chi connectivity index (χ2v) is 6.18. The van der Waals surface area contributed by atoms with Gasteiger partial charge in [-0.05, 0) is 49.6 Å². The topological polar surface area (TPSA) is 42.2 Å². The van der Waals surface area contributed by atoms with E-state index < -0.39 is 5.97 Å². The monoisotopic (exact) mass is 467 g/mol. The molecule has 0 aliphatic rings. The van der Waals surface area contributed by atoms with Crippen LogP contribution in [0.15, 0.2) is 33.3 Å². The van der Waals surface area contributed by atoms with E-state index in [4.69, 9.17) is 0 Å². The number of halogens is 4. The van der Waals surface area contributed by atoms with Crippen LogP contribution in [0, 0.1) is 5.82 Å². The highest BCUT2D eigenvalue weighted by Crippen LogP contribution is 2.34. The lowest BCUT2D eigenvalue weighted by Gasteiger charge is -2.10. The van der Waals surface area contributed by atoms with Crippen LogP contribution >= 0.6 is 47.8 Å². The molecule has 0 saturated heterocycles. The Balaban J connectivity index is 2.48. The van der Waals surface area contributed by atoms with Crippen molar-refractivity contribution in [2.45, 2.75) is 11.9 Å². The fraction of sp³-hybridized carbons (Fsp3) is 0.154. The van der Waals surface area contributed by atoms with Crippen molar-refractivity contribution in [3.05, 3.63) is 56.0 Å². The molecule has 20 heavy (non-hydrogen) atoms. The van der Waals surface area contributed by atoms with Gasteiger partial charge in [-0.25, -0.2) is 9.18 Å². The molecule has 0 atom stereocenters. The lowest BCUT2D eigenvalue weighted by molar-refractivity contribution is 0.0695. The van der Waals surface area contributed by atoms with Gasteiger partial charge in [0.1, 0.15) is 10.4 Å². The summed E-state index contributed by atoms with van der Waals surface area (Å²) < 4.78 is 15.9. The first-order chi connectivity index (χ1) is 9.45. The smallest absolute Gasteiger partial charge is 0.338 e. The molecule has 0 aliphatic carbocycles. The van der Waals surface area contributed by atoms with Crippen molar-refractivity contribution in [3.63, 3.8) is 0 Å². The van der Waals surface area contributed by atoms with Crippen LogP contribution in [0.3, 0.4) is 0 Å². The van der Waals surface area contributed by atoms with Gasteiger partial charge in [0.2, 0.25) is 0 Å². The number of carbonyl (C=O) groups is 1. The maximum Gasteiger partial charge on any atom is 0.338 e. The number of hydrogen-bond acceptors (Lipinski definition) is 1. The molecule has 2 aromatic rings. The minimum Gasteiger partial charge on any atom is -0.478 e. The number of hydrogen-bond donors (Lipinski definition) is 1. The van der Waals surface area contributed by atoms with E-state index in [1.54, 1.807) is 12.1 Å². The van der Waals surface area contributed by atoms with Gasteiger partial charge in [0.05, 0.1) is 10.0 Å². The van der Waals surface area contributed by atoms with E-state index in [2.05, 4.69) is 47.8 Å². The molecule has 2 rings (SSSR count). The number of aromatic carboxylic acids is 1. The van der Waals surface area contributed by atoms with Gasteiger partial charge in [0.25, 0.3) is 0 Å². The Morgan fingerprint density at radius 1 is 1.25 bits per heavy atom. The van der Waals surface area contributed by atoms with Crippen molar-refractivity contribution in [2.75, 3.05) is 0 Å². The third-order valence-electron chi connectivity index (χ3n) is 2.85. The van der Waals surface area contributed by atoms with Crippen LogP contribution in [0.2, 0.25) is 0 Å². The second kappa shape index (κ2) is 6.41. The van der Waals surface area contributed by atoms with Gasteiger partial charge in [-0.2, -0.15) is 0 Å². The van der Waals surface area contributed by atoms with E-state index in [1.807, 2.05) is 4.57 Å². The number of rotatable bonds is 4. The molecule has 3 nitrogen and oxygen atoms in total. The molecule has 0 bridgehead atoms. The number of carboxylic acid groups (broad SMARTS) is 1. The van der Waals surface area contributed by atoms with Crippen LogP contribution < -0.4 is 0 Å². The molecule has 0 unspecified atom stereocenters. The Bertz CT molecular complexity index is 653. The summed E-state index contributed by atoms with van der Waals surface area (Å²) in [6, 6.07) is 6.11. The van der Waals surface area contributed by atoms with Gasteiger partial charge >= 0.3 is 5.97 Å². The molecule has 0 fully saturated rings. The van der Waals surface area contributed by atoms with Crippen molar-refractivity contribution < 1.29 is 14.3 Å². The molecule has 0 amide bonds. The van der Waals surface area contributed by atoms with Gasteiger partial charge in [-0.1, -0.05) is 28.1 Å². The SMILES string of the molecule is O=C(O)c1c(Br)c(Br)n(Cc2ccc(F)cc2)c1CBr. The van der Waals surface area contributed by atoms with Crippen LogP contribution in [0.5, 0.6) is 0 Å². The van der Waals surface area contributed by atoms with E-state index in [-0.39, 0.29) is 11.4 Å². The molecule has 0 saturated carbocycles. The minimum atomic E-state index is -0.995. The van der Waals surface area contributed by atoms with Crippen molar-refractivity contribution in [3.8, 4) is 0 Å². The highest BCUT2D eigenvalue weighted by Gasteiger charge is 2.23. The Morgan fingerprint density at radius 2 is 1.85 bits per heavy atom. The van der Waals surface area contributed by atoms with Crippen LogP contribution in [0.4, 0.5) is 4.39 Å². The van der Waals surface area contributed by atoms with Crippen molar-refractivity contribution in [1.82, 2.24) is 4.57 Å². The number of aromatic nitrogens is 1. The van der Waals surface area contributed by atoms with Crippen LogP contribution in [-0.2, 0) is 11.9 Å². The number of carboxylic acids is 1. The first-order valence-electron chi connectivity index (χ1n) is 5.55. The van der Waals surface area contributed by atoms with Gasteiger partial charge in [-0.15, -0.1) is 0 Å². The third kappa shape index (κ3) is 2.99. The Morgan fingerprint density at radius 3 is 2.35 bits per heavy atom. The van der Waals surface area contributed by atoms with Gasteiger partial charge in [0.15, 0.2) is 0 Å². The Hall–Kier alpha value is -0.660. The first-order valence-corrected chi connectivity index (χ1v) is 8.26. The zero-order valence-corrected chi connectivity index (χ0v) is 14.8. The summed E-state index contributed by atoms with van der Waals surface area (Å²) in [4.78, 5) is 11.3. The third-order valence-corrected chi connectivity index (χ3v) is 5.51. The molecular formula is C13H9Br3FNO2. The predicted octanol–water partition coefficient (Wildman–Crippen LogP) is 4.79. The standard InChI is InChI=1S/C13H9Br3FNO2/c14-5-9-10(13(19)20)11(15)12(16)18(9)6-7-1-3-8(17)4-2-7/h1-4H,5-6H2,(H,19,20). The van der Waals surface area contributed by atoms with Crippen molar-refractivity contribution in [1.29, 1.82) is 0 Å². The number of alkyl halides is 1. The number of benzene rings is 1. The Labute approximate surface area is 140 Å². The van der Waals surface area contributed by atoms with E-state index in [0.29, 0.717) is 26.6 Å². The fourth-order valence-corrected chi connectivity index (χ4v) is 3.63. The fourth-order valence-electron chi connectivity index (χ4n) is 1.90. The zero-order chi connectivity index (χ0) is 14.9. The summed E-state index contributed by atoms with van der Waals surface area (Å²) in [6.07, 6.45) is 0. The summed E-state index contributed by atoms with van der Waals surface area (Å²) in [5.41, 5.74) is 1.74. The van der Waals surface area contributed by atoms with E-state index in [9.17, 15) is 14.3 Å². The quantitative estimate of drug-likeness (QED) is 0.654. The molecule has 7 heteroatoms. The summed E-state index contributed by atoms with van der Waals surface area (Å²) in [5.74, 6) is -1.29. The van der Waals surface area contributed by atoms with Gasteiger partial charge in [-0.3, -0.25) is 0 Å². The van der Waals surface area contributed by atoms with Crippen LogP contribution in [-0.4, -0.2) is 15.6 Å². The highest BCUT2D eigenvalue weighted by atomic mass is 79.9. The number of nitrogens with zero attached hydrogens (tertiary/aromatic N) is 1. The molecule has 106 valence electrons. The molecule has 1 heterocycles. The van der Waals surface area contributed by atoms with Crippen molar-refractivity contribution >= 4 is 53.8 Å². The average Bonchev–Trinajstić information content (AvgIpc) is 2.65. The van der Waals surface area contributed by atoms with E-state index in [1.165, 1.54) is 12.1 Å². The largest absolute Gasteiger partial charge is 0.478 e. The average molecular weight is 470 g/mol. The summed E-state index contributed by atoms with van der Waals surface area (Å²) >= 11 is 9.99. The Kier molecular flexibility index (Phi) is 5.04. The summed E-state index contributed by atoms with van der Waals surface area (Å²) in [7, 11) is 0. The lowest BCUT2D eigenvalue weighted by Crippen LogP contribution is -2.07. The molecule has 0 aliphatic heterocycles. The molecule has 0 radical (unpaired) electrons. The first kappa shape index (κ1) is 15.7. The van der Waals surface area contributed by atoms with Gasteiger partial charge < -0.3 is 9.67 Å².